The van der Waals surface area contributed by atoms with E-state index in [2.05, 4.69) is 10.2 Å². The third kappa shape index (κ3) is 5.28. The lowest BCUT2D eigenvalue weighted by atomic mass is 9.90. The van der Waals surface area contributed by atoms with Crippen molar-refractivity contribution in [1.82, 2.24) is 10.2 Å². The van der Waals surface area contributed by atoms with Crippen LogP contribution in [-0.4, -0.2) is 73.6 Å². The van der Waals surface area contributed by atoms with E-state index < -0.39 is 5.60 Å². The van der Waals surface area contributed by atoms with Crippen molar-refractivity contribution in [2.45, 2.75) is 50.9 Å². The van der Waals surface area contributed by atoms with Gasteiger partial charge in [-0.3, -0.25) is 4.79 Å². The van der Waals surface area contributed by atoms with Gasteiger partial charge in [0.25, 0.3) is 5.91 Å². The van der Waals surface area contributed by atoms with E-state index in [1.54, 1.807) is 0 Å². The Morgan fingerprint density at radius 2 is 2.13 bits per heavy atom. The number of nitrogens with zero attached hydrogens (tertiary/aromatic N) is 1. The van der Waals surface area contributed by atoms with E-state index in [0.29, 0.717) is 39.1 Å². The van der Waals surface area contributed by atoms with Crippen LogP contribution < -0.4 is 5.32 Å². The summed E-state index contributed by atoms with van der Waals surface area (Å²) in [6.45, 7) is 7.11. The van der Waals surface area contributed by atoms with Gasteiger partial charge in [0, 0.05) is 19.7 Å². The number of aliphatic hydroxyl groups is 1. The molecule has 0 aromatic carbocycles. The van der Waals surface area contributed by atoms with Crippen LogP contribution in [0, 0.1) is 0 Å². The first kappa shape index (κ1) is 18.4. The molecule has 2 aliphatic heterocycles. The number of carbonyl (C=O) groups excluding carboxylic acids is 1. The number of likely N-dealkylation sites (tertiary alicyclic amines) is 1. The van der Waals surface area contributed by atoms with Crippen LogP contribution in [0.2, 0.25) is 0 Å². The lowest BCUT2D eigenvalue weighted by molar-refractivity contribution is -0.148. The molecule has 2 aliphatic rings. The van der Waals surface area contributed by atoms with Crippen molar-refractivity contribution in [2.75, 3.05) is 40.0 Å². The largest absolute Gasteiger partial charge is 0.380 e. The molecule has 2 heterocycles. The number of hydrogen-bond donors (Lipinski definition) is 2. The van der Waals surface area contributed by atoms with Crippen molar-refractivity contribution in [3.8, 4) is 0 Å². The zero-order valence-electron chi connectivity index (χ0n) is 14.5. The van der Waals surface area contributed by atoms with E-state index in [0.717, 1.165) is 13.1 Å². The smallest absolute Gasteiger partial charge is 0.252 e. The molecule has 0 unspecified atom stereocenters. The number of nitrogens with one attached hydrogen (secondary N) is 1. The highest BCUT2D eigenvalue weighted by Gasteiger charge is 2.40. The van der Waals surface area contributed by atoms with Crippen LogP contribution in [0.5, 0.6) is 0 Å². The van der Waals surface area contributed by atoms with Crippen molar-refractivity contribution in [3.05, 3.63) is 11.6 Å². The van der Waals surface area contributed by atoms with E-state index in [4.69, 9.17) is 9.47 Å². The Morgan fingerprint density at radius 3 is 2.78 bits per heavy atom. The molecule has 0 bridgehead atoms. The number of carbonyl (C=O) groups is 1. The lowest BCUT2D eigenvalue weighted by Gasteiger charge is -2.38. The van der Waals surface area contributed by atoms with Crippen LogP contribution in [-0.2, 0) is 14.3 Å². The summed E-state index contributed by atoms with van der Waals surface area (Å²) in [6, 6.07) is -0.106. The Hall–Kier alpha value is -0.950. The Kier molecular flexibility index (Phi) is 6.59. The van der Waals surface area contributed by atoms with Crippen LogP contribution in [0.1, 0.15) is 33.1 Å². The molecule has 0 radical (unpaired) electrons. The molecule has 132 valence electrons. The molecule has 0 aliphatic carbocycles. The van der Waals surface area contributed by atoms with Gasteiger partial charge in [0.05, 0.1) is 19.3 Å². The third-order valence-corrected chi connectivity index (χ3v) is 4.66. The van der Waals surface area contributed by atoms with Gasteiger partial charge in [-0.2, -0.15) is 0 Å². The Balaban J connectivity index is 1.90. The fourth-order valence-electron chi connectivity index (χ4n) is 2.90. The topological polar surface area (TPSA) is 71.0 Å². The molecule has 0 saturated carbocycles. The highest BCUT2D eigenvalue weighted by Crippen LogP contribution is 2.23. The SMILES string of the molecule is CC(C)=CCO[C@@H]1COCC[C@H]1NC(=O)C1(O)CCN(C)CC1. The highest BCUT2D eigenvalue weighted by molar-refractivity contribution is 5.85. The minimum Gasteiger partial charge on any atom is -0.380 e. The zero-order chi connectivity index (χ0) is 16.9. The molecule has 23 heavy (non-hydrogen) atoms. The van der Waals surface area contributed by atoms with E-state index in [1.807, 2.05) is 27.0 Å². The average Bonchev–Trinajstić information content (AvgIpc) is 2.51. The highest BCUT2D eigenvalue weighted by atomic mass is 16.5. The van der Waals surface area contributed by atoms with Gasteiger partial charge in [-0.1, -0.05) is 11.6 Å². The molecule has 1 amide bonds. The van der Waals surface area contributed by atoms with Crippen molar-refractivity contribution < 1.29 is 19.4 Å². The van der Waals surface area contributed by atoms with Gasteiger partial charge in [0.2, 0.25) is 0 Å². The molecule has 2 rings (SSSR count). The Labute approximate surface area is 138 Å². The monoisotopic (exact) mass is 326 g/mol. The number of allylic oxidation sites excluding steroid dienone is 1. The van der Waals surface area contributed by atoms with Gasteiger partial charge >= 0.3 is 0 Å². The first-order valence-electron chi connectivity index (χ1n) is 8.45. The van der Waals surface area contributed by atoms with Crippen molar-refractivity contribution in [1.29, 1.82) is 0 Å². The molecule has 2 atom stereocenters. The minimum atomic E-state index is -1.25. The van der Waals surface area contributed by atoms with E-state index in [1.165, 1.54) is 5.57 Å². The summed E-state index contributed by atoms with van der Waals surface area (Å²) in [7, 11) is 2.00. The van der Waals surface area contributed by atoms with Gasteiger partial charge in [-0.25, -0.2) is 0 Å². The van der Waals surface area contributed by atoms with Gasteiger partial charge in [0.1, 0.15) is 11.7 Å². The summed E-state index contributed by atoms with van der Waals surface area (Å²) in [5.41, 5.74) is -0.0575. The Morgan fingerprint density at radius 1 is 1.43 bits per heavy atom. The lowest BCUT2D eigenvalue weighted by Crippen LogP contribution is -2.58. The zero-order valence-corrected chi connectivity index (χ0v) is 14.5. The second-order valence-electron chi connectivity index (χ2n) is 6.93. The maximum atomic E-state index is 12.5. The van der Waals surface area contributed by atoms with Gasteiger partial charge in [-0.05, 0) is 40.2 Å². The predicted octanol–water partition coefficient (Wildman–Crippen LogP) is 0.700. The minimum absolute atomic E-state index is 0.106. The third-order valence-electron chi connectivity index (χ3n) is 4.66. The van der Waals surface area contributed by atoms with Crippen LogP contribution in [0.25, 0.3) is 0 Å². The summed E-state index contributed by atoms with van der Waals surface area (Å²) in [4.78, 5) is 14.7. The van der Waals surface area contributed by atoms with Crippen molar-refractivity contribution in [2.24, 2.45) is 0 Å². The first-order chi connectivity index (χ1) is 10.9. The van der Waals surface area contributed by atoms with Crippen LogP contribution in [0.4, 0.5) is 0 Å². The first-order valence-corrected chi connectivity index (χ1v) is 8.45. The second kappa shape index (κ2) is 8.24. The summed E-state index contributed by atoms with van der Waals surface area (Å²) in [5.74, 6) is -0.270. The fraction of sp³-hybridized carbons (Fsp3) is 0.824. The number of ether oxygens (including phenoxy) is 2. The van der Waals surface area contributed by atoms with E-state index in [9.17, 15) is 9.90 Å². The summed E-state index contributed by atoms with van der Waals surface area (Å²) in [6.07, 6.45) is 3.50. The molecule has 2 saturated heterocycles. The van der Waals surface area contributed by atoms with Crippen LogP contribution in [0.15, 0.2) is 11.6 Å². The van der Waals surface area contributed by atoms with Crippen LogP contribution >= 0.6 is 0 Å². The molecule has 0 aromatic heterocycles. The standard InChI is InChI=1S/C17H30N2O4/c1-13(2)4-11-23-15-12-22-10-5-14(15)18-16(20)17(21)6-8-19(3)9-7-17/h4,14-15,21H,5-12H2,1-3H3,(H,18,20)/t14-,15-/m1/s1. The predicted molar refractivity (Wildman–Crippen MR) is 88.2 cm³/mol. The number of hydrogen-bond acceptors (Lipinski definition) is 5. The van der Waals surface area contributed by atoms with Crippen molar-refractivity contribution >= 4 is 5.91 Å². The molecular formula is C17H30N2O4. The average molecular weight is 326 g/mol. The van der Waals surface area contributed by atoms with Gasteiger partial charge in [-0.15, -0.1) is 0 Å². The molecule has 6 nitrogen and oxygen atoms in total. The van der Waals surface area contributed by atoms with Crippen LogP contribution in [0.3, 0.4) is 0 Å². The molecule has 0 aromatic rings. The second-order valence-corrected chi connectivity index (χ2v) is 6.93. The number of rotatable bonds is 5. The van der Waals surface area contributed by atoms with Gasteiger partial charge in [0.15, 0.2) is 0 Å². The molecular weight excluding hydrogens is 296 g/mol. The van der Waals surface area contributed by atoms with E-state index in [-0.39, 0.29) is 18.1 Å². The number of piperidine rings is 1. The van der Waals surface area contributed by atoms with Gasteiger partial charge < -0.3 is 24.8 Å². The van der Waals surface area contributed by atoms with E-state index >= 15 is 0 Å². The molecule has 0 spiro atoms. The number of amides is 1. The summed E-state index contributed by atoms with van der Waals surface area (Å²) in [5, 5.41) is 13.6. The summed E-state index contributed by atoms with van der Waals surface area (Å²) >= 11 is 0. The summed E-state index contributed by atoms with van der Waals surface area (Å²) < 4.78 is 11.3. The molecule has 6 heteroatoms. The fourth-order valence-corrected chi connectivity index (χ4v) is 2.90. The van der Waals surface area contributed by atoms with Crippen molar-refractivity contribution in [3.63, 3.8) is 0 Å². The molecule has 2 N–H and O–H groups in total. The molecule has 2 fully saturated rings. The maximum absolute atomic E-state index is 12.5. The maximum Gasteiger partial charge on any atom is 0.252 e. The normalized spacial score (nSPS) is 28.2. The quantitative estimate of drug-likeness (QED) is 0.728. The Bertz CT molecular complexity index is 426.